The van der Waals surface area contributed by atoms with E-state index in [1.165, 1.54) is 6.07 Å². The zero-order valence-electron chi connectivity index (χ0n) is 13.2. The zero-order valence-corrected chi connectivity index (χ0v) is 13.2. The Hall–Kier alpha value is -3.23. The number of nitrogens with one attached hydrogen (secondary N) is 2. The lowest BCUT2D eigenvalue weighted by atomic mass is 10.1. The quantitative estimate of drug-likeness (QED) is 0.800. The highest BCUT2D eigenvalue weighted by atomic mass is 19.4. The van der Waals surface area contributed by atoms with Gasteiger partial charge in [-0.2, -0.15) is 13.2 Å². The zero-order chi connectivity index (χ0) is 18.7. The van der Waals surface area contributed by atoms with E-state index in [2.05, 4.69) is 10.9 Å². The number of hydrogen-bond donors (Lipinski definition) is 2. The van der Waals surface area contributed by atoms with E-state index in [1.54, 1.807) is 24.3 Å². The summed E-state index contributed by atoms with van der Waals surface area (Å²) in [6, 6.07) is 10.6. The van der Waals surface area contributed by atoms with Crippen LogP contribution >= 0.6 is 0 Å². The molecule has 0 saturated heterocycles. The second-order valence-corrected chi connectivity index (χ2v) is 5.39. The minimum atomic E-state index is -4.57. The molecule has 26 heavy (non-hydrogen) atoms. The minimum Gasteiger partial charge on any atom is -0.485 e. The van der Waals surface area contributed by atoms with Crippen LogP contribution < -0.4 is 20.3 Å². The van der Waals surface area contributed by atoms with E-state index < -0.39 is 29.7 Å². The first kappa shape index (κ1) is 17.6. The van der Waals surface area contributed by atoms with E-state index in [4.69, 9.17) is 9.47 Å². The third-order valence-electron chi connectivity index (χ3n) is 3.55. The predicted molar refractivity (Wildman–Crippen MR) is 83.4 cm³/mol. The molecule has 9 heteroatoms. The van der Waals surface area contributed by atoms with Crippen molar-refractivity contribution in [3.05, 3.63) is 59.7 Å². The van der Waals surface area contributed by atoms with Crippen LogP contribution in [-0.4, -0.2) is 24.5 Å². The van der Waals surface area contributed by atoms with Gasteiger partial charge >= 0.3 is 6.18 Å². The van der Waals surface area contributed by atoms with Crippen molar-refractivity contribution in [1.82, 2.24) is 10.9 Å². The molecule has 0 spiro atoms. The molecule has 2 aromatic rings. The fourth-order valence-corrected chi connectivity index (χ4v) is 2.26. The molecule has 1 aliphatic rings. The van der Waals surface area contributed by atoms with E-state index >= 15 is 0 Å². The van der Waals surface area contributed by atoms with Crippen molar-refractivity contribution in [3.8, 4) is 11.5 Å². The van der Waals surface area contributed by atoms with Gasteiger partial charge < -0.3 is 9.47 Å². The number of hydrogen-bond acceptors (Lipinski definition) is 4. The molecule has 0 unspecified atom stereocenters. The molecule has 1 atom stereocenters. The van der Waals surface area contributed by atoms with Gasteiger partial charge in [0.2, 0.25) is 6.10 Å². The maximum atomic E-state index is 12.7. The fourth-order valence-electron chi connectivity index (χ4n) is 2.26. The number of ether oxygens (including phenoxy) is 2. The summed E-state index contributed by atoms with van der Waals surface area (Å²) < 4.78 is 48.9. The van der Waals surface area contributed by atoms with Crippen molar-refractivity contribution < 1.29 is 32.2 Å². The van der Waals surface area contributed by atoms with Crippen LogP contribution in [0.15, 0.2) is 48.5 Å². The summed E-state index contributed by atoms with van der Waals surface area (Å²) in [6.07, 6.45) is -5.58. The highest BCUT2D eigenvalue weighted by Crippen LogP contribution is 2.31. The van der Waals surface area contributed by atoms with Gasteiger partial charge in [0.05, 0.1) is 5.56 Å². The minimum absolute atomic E-state index is 0.0672. The number of carbonyl (C=O) groups is 2. The predicted octanol–water partition coefficient (Wildman–Crippen LogP) is 2.31. The maximum Gasteiger partial charge on any atom is 0.416 e. The van der Waals surface area contributed by atoms with Gasteiger partial charge in [-0.15, -0.1) is 0 Å². The average molecular weight is 366 g/mol. The first-order valence-corrected chi connectivity index (χ1v) is 7.50. The van der Waals surface area contributed by atoms with Crippen molar-refractivity contribution in [3.63, 3.8) is 0 Å². The van der Waals surface area contributed by atoms with E-state index in [0.29, 0.717) is 17.6 Å². The number of carbonyl (C=O) groups excluding carboxylic acids is 2. The third-order valence-corrected chi connectivity index (χ3v) is 3.55. The number of alkyl halides is 3. The topological polar surface area (TPSA) is 76.7 Å². The Kier molecular flexibility index (Phi) is 4.70. The summed E-state index contributed by atoms with van der Waals surface area (Å²) >= 11 is 0. The average Bonchev–Trinajstić information content (AvgIpc) is 2.64. The monoisotopic (exact) mass is 366 g/mol. The molecule has 6 nitrogen and oxygen atoms in total. The van der Waals surface area contributed by atoms with Gasteiger partial charge in [-0.25, -0.2) is 0 Å². The Morgan fingerprint density at radius 3 is 2.46 bits per heavy atom. The Bertz CT molecular complexity index is 839. The number of rotatable bonds is 2. The first-order valence-electron chi connectivity index (χ1n) is 7.50. The van der Waals surface area contributed by atoms with E-state index in [1.807, 2.05) is 0 Å². The second kappa shape index (κ2) is 6.95. The standard InChI is InChI=1S/C17H13F3N2O4/c18-17(19,20)11-5-3-4-10(8-11)15(23)21-22-16(24)14-9-25-12-6-1-2-7-13(12)26-14/h1-8,14H,9H2,(H,21,23)(H,22,24)/t14-/m0/s1. The van der Waals surface area contributed by atoms with Crippen molar-refractivity contribution >= 4 is 11.8 Å². The Morgan fingerprint density at radius 2 is 1.73 bits per heavy atom. The lowest BCUT2D eigenvalue weighted by Crippen LogP contribution is -2.50. The molecule has 0 radical (unpaired) electrons. The van der Waals surface area contributed by atoms with Gasteiger partial charge in [0.25, 0.3) is 11.8 Å². The maximum absolute atomic E-state index is 12.7. The molecule has 136 valence electrons. The number of amides is 2. The Morgan fingerprint density at radius 1 is 1.00 bits per heavy atom. The lowest BCUT2D eigenvalue weighted by Gasteiger charge is -2.25. The van der Waals surface area contributed by atoms with Crippen LogP contribution in [0, 0.1) is 0 Å². The molecule has 0 bridgehead atoms. The number of benzene rings is 2. The van der Waals surface area contributed by atoms with E-state index in [9.17, 15) is 22.8 Å². The normalized spacial score (nSPS) is 15.9. The molecule has 2 aromatic carbocycles. The largest absolute Gasteiger partial charge is 0.485 e. The highest BCUT2D eigenvalue weighted by molar-refractivity contribution is 5.96. The van der Waals surface area contributed by atoms with Crippen LogP contribution in [0.2, 0.25) is 0 Å². The molecule has 0 fully saturated rings. The number of para-hydroxylation sites is 2. The molecule has 3 rings (SSSR count). The summed E-state index contributed by atoms with van der Waals surface area (Å²) in [5.41, 5.74) is 2.97. The molecule has 2 N–H and O–H groups in total. The molecular weight excluding hydrogens is 353 g/mol. The van der Waals surface area contributed by atoms with E-state index in [-0.39, 0.29) is 12.2 Å². The van der Waals surface area contributed by atoms with Crippen molar-refractivity contribution in [2.24, 2.45) is 0 Å². The van der Waals surface area contributed by atoms with Gasteiger partial charge in [-0.05, 0) is 30.3 Å². The fraction of sp³-hybridized carbons (Fsp3) is 0.176. The highest BCUT2D eigenvalue weighted by Gasteiger charge is 2.31. The molecule has 0 aromatic heterocycles. The Labute approximate surface area is 145 Å². The van der Waals surface area contributed by atoms with Crippen LogP contribution in [0.25, 0.3) is 0 Å². The molecule has 1 aliphatic heterocycles. The molecule has 1 heterocycles. The SMILES string of the molecule is O=C(NNC(=O)[C@@H]1COc2ccccc2O1)c1cccc(C(F)(F)F)c1. The summed E-state index contributed by atoms with van der Waals surface area (Å²) in [5, 5.41) is 0. The van der Waals surface area contributed by atoms with Crippen molar-refractivity contribution in [2.45, 2.75) is 12.3 Å². The van der Waals surface area contributed by atoms with E-state index in [0.717, 1.165) is 12.1 Å². The Balaban J connectivity index is 1.59. The second-order valence-electron chi connectivity index (χ2n) is 5.39. The lowest BCUT2D eigenvalue weighted by molar-refractivity contribution is -0.137. The van der Waals surface area contributed by atoms with Crippen LogP contribution in [0.5, 0.6) is 11.5 Å². The smallest absolute Gasteiger partial charge is 0.416 e. The number of fused-ring (bicyclic) bond motifs is 1. The van der Waals surface area contributed by atoms with Crippen molar-refractivity contribution in [1.29, 1.82) is 0 Å². The summed E-state index contributed by atoms with van der Waals surface area (Å²) in [7, 11) is 0. The van der Waals surface area contributed by atoms with Gasteiger partial charge in [-0.1, -0.05) is 18.2 Å². The van der Waals surface area contributed by atoms with Crippen molar-refractivity contribution in [2.75, 3.05) is 6.61 Å². The number of halogens is 3. The molecular formula is C17H13F3N2O4. The first-order chi connectivity index (χ1) is 12.3. The summed E-state index contributed by atoms with van der Waals surface area (Å²) in [4.78, 5) is 24.0. The van der Waals surface area contributed by atoms with Gasteiger partial charge in [0.15, 0.2) is 11.5 Å². The van der Waals surface area contributed by atoms with Gasteiger partial charge in [-0.3, -0.25) is 20.4 Å². The third kappa shape index (κ3) is 3.88. The summed E-state index contributed by atoms with van der Waals surface area (Å²) in [5.74, 6) is -0.714. The van der Waals surface area contributed by atoms with Crippen LogP contribution in [0.4, 0.5) is 13.2 Å². The summed E-state index contributed by atoms with van der Waals surface area (Å²) in [6.45, 7) is -0.0672. The van der Waals surface area contributed by atoms with Crippen LogP contribution in [0.3, 0.4) is 0 Å². The van der Waals surface area contributed by atoms with Gasteiger partial charge in [0, 0.05) is 5.56 Å². The van der Waals surface area contributed by atoms with Gasteiger partial charge in [0.1, 0.15) is 6.61 Å². The molecule has 0 aliphatic carbocycles. The molecule has 2 amide bonds. The van der Waals surface area contributed by atoms with Crippen LogP contribution in [-0.2, 0) is 11.0 Å². The molecule has 0 saturated carbocycles. The van der Waals surface area contributed by atoms with Crippen LogP contribution in [0.1, 0.15) is 15.9 Å². The number of hydrazine groups is 1.